The highest BCUT2D eigenvalue weighted by atomic mass is 32.1. The number of para-hydroxylation sites is 5. The molecular weight excluding hydrogens is 779 g/mol. The van der Waals surface area contributed by atoms with E-state index in [9.17, 15) is 0 Å². The first-order valence-corrected chi connectivity index (χ1v) is 21.6. The van der Waals surface area contributed by atoms with Gasteiger partial charge in [0, 0.05) is 75.6 Å². The SMILES string of the molecule is c1ccc2c(-c3ccc4oc5ccccc5c4c3)nc(-c3ccc(-n4c5ccccc5c5cc(-c6cccc7c6oc6ccccc67)c6c7ccccc7sc6c54)cc3)nc2c1. The Bertz CT molecular complexity index is 4170. The lowest BCUT2D eigenvalue weighted by Crippen LogP contribution is -1.97. The average molecular weight is 810 g/mol. The highest BCUT2D eigenvalue weighted by Crippen LogP contribution is 2.49. The molecule has 0 saturated carbocycles. The third-order valence-corrected chi connectivity index (χ3v) is 13.8. The first kappa shape index (κ1) is 33.7. The largest absolute Gasteiger partial charge is 0.456 e. The van der Waals surface area contributed by atoms with Crippen LogP contribution in [0.1, 0.15) is 0 Å². The topological polar surface area (TPSA) is 57.0 Å². The molecule has 0 radical (unpaired) electrons. The minimum atomic E-state index is 0.681. The van der Waals surface area contributed by atoms with E-state index in [0.29, 0.717) is 5.82 Å². The van der Waals surface area contributed by atoms with Crippen molar-refractivity contribution in [1.29, 1.82) is 0 Å². The minimum Gasteiger partial charge on any atom is -0.456 e. The van der Waals surface area contributed by atoms with Gasteiger partial charge in [-0.1, -0.05) is 109 Å². The molecule has 0 bridgehead atoms. The van der Waals surface area contributed by atoms with E-state index in [1.54, 1.807) is 0 Å². The molecule has 288 valence electrons. The second kappa shape index (κ2) is 12.7. The van der Waals surface area contributed by atoms with E-state index in [4.69, 9.17) is 18.8 Å². The van der Waals surface area contributed by atoms with Crippen LogP contribution >= 0.6 is 11.3 Å². The van der Waals surface area contributed by atoms with Crippen molar-refractivity contribution in [3.05, 3.63) is 188 Å². The molecule has 14 aromatic rings. The Kier molecular flexibility index (Phi) is 6.92. The maximum Gasteiger partial charge on any atom is 0.160 e. The molecule has 0 spiro atoms. The molecule has 5 heterocycles. The van der Waals surface area contributed by atoms with E-state index in [0.717, 1.165) is 88.4 Å². The lowest BCUT2D eigenvalue weighted by Gasteiger charge is -2.12. The second-order valence-corrected chi connectivity index (χ2v) is 17.1. The van der Waals surface area contributed by atoms with E-state index in [1.807, 2.05) is 35.6 Å². The van der Waals surface area contributed by atoms with Gasteiger partial charge in [0.1, 0.15) is 22.3 Å². The van der Waals surface area contributed by atoms with Crippen molar-refractivity contribution in [2.75, 3.05) is 0 Å². The van der Waals surface area contributed by atoms with Gasteiger partial charge >= 0.3 is 0 Å². The molecule has 6 heteroatoms. The second-order valence-electron chi connectivity index (χ2n) is 16.0. The summed E-state index contributed by atoms with van der Waals surface area (Å²) in [5, 5.41) is 10.3. The fourth-order valence-corrected chi connectivity index (χ4v) is 11.1. The highest BCUT2D eigenvalue weighted by Gasteiger charge is 2.24. The summed E-state index contributed by atoms with van der Waals surface area (Å²) in [6.07, 6.45) is 0. The molecule has 0 amide bonds. The van der Waals surface area contributed by atoms with E-state index in [2.05, 4.69) is 168 Å². The van der Waals surface area contributed by atoms with E-state index >= 15 is 0 Å². The summed E-state index contributed by atoms with van der Waals surface area (Å²) in [5.74, 6) is 0.681. The van der Waals surface area contributed by atoms with Crippen molar-refractivity contribution < 1.29 is 8.83 Å². The number of benzene rings is 9. The zero-order chi connectivity index (χ0) is 40.5. The quantitative estimate of drug-likeness (QED) is 0.178. The number of rotatable bonds is 4. The predicted octanol–water partition coefficient (Wildman–Crippen LogP) is 15.9. The molecule has 0 aliphatic carbocycles. The van der Waals surface area contributed by atoms with Crippen molar-refractivity contribution in [1.82, 2.24) is 14.5 Å². The molecule has 0 aliphatic rings. The molecule has 62 heavy (non-hydrogen) atoms. The number of hydrogen-bond acceptors (Lipinski definition) is 5. The predicted molar refractivity (Wildman–Crippen MR) is 258 cm³/mol. The summed E-state index contributed by atoms with van der Waals surface area (Å²) in [4.78, 5) is 10.4. The number of nitrogens with zero attached hydrogens (tertiary/aromatic N) is 3. The molecule has 0 atom stereocenters. The van der Waals surface area contributed by atoms with Gasteiger partial charge in [0.25, 0.3) is 0 Å². The van der Waals surface area contributed by atoms with Crippen LogP contribution in [0.15, 0.2) is 197 Å². The number of aromatic nitrogens is 3. The van der Waals surface area contributed by atoms with E-state index in [-0.39, 0.29) is 0 Å². The van der Waals surface area contributed by atoms with Crippen LogP contribution in [0.4, 0.5) is 0 Å². The summed E-state index contributed by atoms with van der Waals surface area (Å²) in [5.41, 5.74) is 13.0. The van der Waals surface area contributed by atoms with Gasteiger partial charge in [-0.3, -0.25) is 0 Å². The summed E-state index contributed by atoms with van der Waals surface area (Å²) < 4.78 is 17.8. The van der Waals surface area contributed by atoms with Crippen LogP contribution in [0.2, 0.25) is 0 Å². The van der Waals surface area contributed by atoms with E-state index in [1.165, 1.54) is 42.0 Å². The molecule has 0 N–H and O–H groups in total. The summed E-state index contributed by atoms with van der Waals surface area (Å²) in [6.45, 7) is 0. The molecule has 5 aromatic heterocycles. The van der Waals surface area contributed by atoms with Gasteiger partial charge in [-0.2, -0.15) is 0 Å². The van der Waals surface area contributed by atoms with Crippen molar-refractivity contribution in [2.45, 2.75) is 0 Å². The maximum absolute atomic E-state index is 6.67. The Morgan fingerprint density at radius 2 is 1.10 bits per heavy atom. The Morgan fingerprint density at radius 3 is 1.95 bits per heavy atom. The Morgan fingerprint density at radius 1 is 0.435 bits per heavy atom. The van der Waals surface area contributed by atoms with Crippen LogP contribution < -0.4 is 0 Å². The molecule has 0 saturated heterocycles. The fourth-order valence-electron chi connectivity index (χ4n) is 9.83. The highest BCUT2D eigenvalue weighted by molar-refractivity contribution is 7.26. The minimum absolute atomic E-state index is 0.681. The zero-order valence-corrected chi connectivity index (χ0v) is 33.8. The molecule has 0 aliphatic heterocycles. The standard InChI is InChI=1S/C56H31N3O2S/c1-6-19-45-40(15-1)52(33-26-29-49-42(30-33)37-14-4-8-21-47(37)60-49)58-56(57-45)32-24-27-34(28-25-32)59-46-20-7-2-12-35(46)44-31-43(51-41-16-5-10-23-50(41)62-55(51)53(44)59)39-18-11-17-38-36-13-3-9-22-48(36)61-54(38)39/h1-31H. The van der Waals surface area contributed by atoms with Crippen molar-refractivity contribution in [3.8, 4) is 39.5 Å². The Balaban J connectivity index is 0.971. The van der Waals surface area contributed by atoms with Crippen LogP contribution in [-0.4, -0.2) is 14.5 Å². The Labute approximate surface area is 357 Å². The van der Waals surface area contributed by atoms with Crippen molar-refractivity contribution in [3.63, 3.8) is 0 Å². The van der Waals surface area contributed by atoms with Crippen molar-refractivity contribution >= 4 is 108 Å². The number of thiophene rings is 1. The van der Waals surface area contributed by atoms with Gasteiger partial charge in [0.2, 0.25) is 0 Å². The third kappa shape index (κ3) is 4.78. The van der Waals surface area contributed by atoms with E-state index < -0.39 is 0 Å². The first-order chi connectivity index (χ1) is 30.7. The fraction of sp³-hybridized carbons (Fsp3) is 0. The zero-order valence-electron chi connectivity index (χ0n) is 33.0. The average Bonchev–Trinajstić information content (AvgIpc) is 4.10. The normalized spacial score (nSPS) is 12.2. The van der Waals surface area contributed by atoms with Crippen LogP contribution in [0.25, 0.3) is 136 Å². The lowest BCUT2D eigenvalue weighted by molar-refractivity contribution is 0.669. The molecule has 14 rings (SSSR count). The maximum atomic E-state index is 6.67. The first-order valence-electron chi connectivity index (χ1n) is 20.8. The van der Waals surface area contributed by atoms with Gasteiger partial charge < -0.3 is 13.4 Å². The third-order valence-electron chi connectivity index (χ3n) is 12.6. The van der Waals surface area contributed by atoms with Crippen LogP contribution in [0.5, 0.6) is 0 Å². The summed E-state index contributed by atoms with van der Waals surface area (Å²) in [6, 6.07) is 66.4. The van der Waals surface area contributed by atoms with Gasteiger partial charge in [-0.15, -0.1) is 11.3 Å². The summed E-state index contributed by atoms with van der Waals surface area (Å²) in [7, 11) is 0. The summed E-state index contributed by atoms with van der Waals surface area (Å²) >= 11 is 1.86. The smallest absolute Gasteiger partial charge is 0.160 e. The lowest BCUT2D eigenvalue weighted by atomic mass is 9.95. The van der Waals surface area contributed by atoms with Crippen LogP contribution in [0.3, 0.4) is 0 Å². The Hall–Kier alpha value is -8.06. The number of hydrogen-bond donors (Lipinski definition) is 0. The van der Waals surface area contributed by atoms with Crippen LogP contribution in [-0.2, 0) is 0 Å². The molecular formula is C56H31N3O2S. The van der Waals surface area contributed by atoms with Gasteiger partial charge in [-0.05, 0) is 84.4 Å². The van der Waals surface area contributed by atoms with Gasteiger partial charge in [0.05, 0.1) is 26.9 Å². The monoisotopic (exact) mass is 809 g/mol. The van der Waals surface area contributed by atoms with Crippen LogP contribution in [0, 0.1) is 0 Å². The molecule has 0 fully saturated rings. The van der Waals surface area contributed by atoms with Crippen molar-refractivity contribution in [2.24, 2.45) is 0 Å². The molecule has 5 nitrogen and oxygen atoms in total. The van der Waals surface area contributed by atoms with Gasteiger partial charge in [0.15, 0.2) is 5.82 Å². The van der Waals surface area contributed by atoms with Gasteiger partial charge in [-0.25, -0.2) is 9.97 Å². The molecule has 0 unspecified atom stereocenters. The number of fused-ring (bicyclic) bond motifs is 14. The molecule has 9 aromatic carbocycles. The number of furan rings is 2.